The molecule has 1 unspecified atom stereocenters. The number of allylic oxidation sites excluding steroid dienone is 1. The van der Waals surface area contributed by atoms with Crippen LogP contribution in [-0.2, 0) is 16.2 Å². The Hall–Kier alpha value is -3.86. The van der Waals surface area contributed by atoms with Crippen molar-refractivity contribution >= 4 is 23.3 Å². The number of nitriles is 1. The molecule has 8 nitrogen and oxygen atoms in total. The lowest BCUT2D eigenvalue weighted by Crippen LogP contribution is -2.54. The van der Waals surface area contributed by atoms with E-state index in [9.17, 15) is 14.9 Å². The topological polar surface area (TPSA) is 98.6 Å². The number of unbranched alkanes of at least 4 members (excludes halogenated alkanes) is 1. The molecule has 0 radical (unpaired) electrons. The summed E-state index contributed by atoms with van der Waals surface area (Å²) in [5, 5.41) is 12.8. The monoisotopic (exact) mass is 515 g/mol. The van der Waals surface area contributed by atoms with Gasteiger partial charge in [-0.05, 0) is 56.9 Å². The number of nitrogens with one attached hydrogen (secondary N) is 1. The first-order chi connectivity index (χ1) is 18.4. The molecule has 200 valence electrons. The van der Waals surface area contributed by atoms with Gasteiger partial charge in [0.25, 0.3) is 0 Å². The second-order valence-electron chi connectivity index (χ2n) is 10.1. The predicted octanol–water partition coefficient (Wildman–Crippen LogP) is 5.15. The SMILES string of the molecule is C/C=C/C(=O)Nc1cccc(COc2cc(C#N)c(N3CCN(C(=O)CCCC)C(C)C3)nc2C2CC2)c1. The molecule has 1 saturated carbocycles. The normalized spacial score (nSPS) is 17.4. The van der Waals surface area contributed by atoms with Gasteiger partial charge in [0.2, 0.25) is 11.8 Å². The molecule has 1 saturated heterocycles. The van der Waals surface area contributed by atoms with Crippen LogP contribution in [0.3, 0.4) is 0 Å². The number of hydrogen-bond donors (Lipinski definition) is 1. The number of anilines is 2. The number of ether oxygens (including phenoxy) is 1. The van der Waals surface area contributed by atoms with Crippen molar-refractivity contribution in [3.8, 4) is 11.8 Å². The smallest absolute Gasteiger partial charge is 0.248 e. The third-order valence-electron chi connectivity index (χ3n) is 6.98. The highest BCUT2D eigenvalue weighted by molar-refractivity contribution is 5.99. The van der Waals surface area contributed by atoms with Crippen LogP contribution in [0.2, 0.25) is 0 Å². The summed E-state index contributed by atoms with van der Waals surface area (Å²) in [5.74, 6) is 1.68. The minimum Gasteiger partial charge on any atom is -0.487 e. The van der Waals surface area contributed by atoms with E-state index in [-0.39, 0.29) is 17.9 Å². The number of benzene rings is 1. The summed E-state index contributed by atoms with van der Waals surface area (Å²) in [6.07, 6.45) is 7.78. The molecule has 2 aromatic rings. The lowest BCUT2D eigenvalue weighted by Gasteiger charge is -2.41. The van der Waals surface area contributed by atoms with Crippen LogP contribution in [0.5, 0.6) is 5.75 Å². The number of aromatic nitrogens is 1. The highest BCUT2D eigenvalue weighted by Gasteiger charge is 2.33. The van der Waals surface area contributed by atoms with E-state index in [1.54, 1.807) is 13.0 Å². The highest BCUT2D eigenvalue weighted by Crippen LogP contribution is 2.45. The average molecular weight is 516 g/mol. The summed E-state index contributed by atoms with van der Waals surface area (Å²) in [5.41, 5.74) is 2.98. The molecule has 2 fully saturated rings. The maximum Gasteiger partial charge on any atom is 0.248 e. The molecule has 2 heterocycles. The summed E-state index contributed by atoms with van der Waals surface area (Å²) in [4.78, 5) is 33.6. The Kier molecular flexibility index (Phi) is 9.01. The molecule has 2 amide bonds. The van der Waals surface area contributed by atoms with Crippen LogP contribution in [0.4, 0.5) is 11.5 Å². The van der Waals surface area contributed by atoms with Crippen LogP contribution in [-0.4, -0.2) is 47.4 Å². The van der Waals surface area contributed by atoms with Gasteiger partial charge in [-0.25, -0.2) is 4.98 Å². The predicted molar refractivity (Wildman–Crippen MR) is 148 cm³/mol. The minimum absolute atomic E-state index is 0.0577. The Morgan fingerprint density at radius 3 is 2.76 bits per heavy atom. The number of hydrogen-bond acceptors (Lipinski definition) is 6. The van der Waals surface area contributed by atoms with Gasteiger partial charge in [0.15, 0.2) is 0 Å². The van der Waals surface area contributed by atoms with Crippen molar-refractivity contribution in [2.24, 2.45) is 0 Å². The Balaban J connectivity index is 1.49. The van der Waals surface area contributed by atoms with Gasteiger partial charge in [-0.15, -0.1) is 0 Å². The van der Waals surface area contributed by atoms with Crippen molar-refractivity contribution in [2.75, 3.05) is 29.9 Å². The maximum atomic E-state index is 12.6. The van der Waals surface area contributed by atoms with Gasteiger partial charge in [-0.2, -0.15) is 5.26 Å². The van der Waals surface area contributed by atoms with Crippen molar-refractivity contribution in [1.29, 1.82) is 5.26 Å². The van der Waals surface area contributed by atoms with E-state index in [1.807, 2.05) is 35.2 Å². The van der Waals surface area contributed by atoms with Crippen molar-refractivity contribution < 1.29 is 14.3 Å². The van der Waals surface area contributed by atoms with Gasteiger partial charge < -0.3 is 19.9 Å². The molecule has 1 aliphatic heterocycles. The van der Waals surface area contributed by atoms with Gasteiger partial charge in [0, 0.05) is 49.8 Å². The van der Waals surface area contributed by atoms with E-state index in [0.717, 1.165) is 36.9 Å². The molecule has 4 rings (SSSR count). The number of carbonyl (C=O) groups is 2. The summed E-state index contributed by atoms with van der Waals surface area (Å²) in [6.45, 7) is 8.19. The van der Waals surface area contributed by atoms with E-state index in [4.69, 9.17) is 9.72 Å². The molecular formula is C30H37N5O3. The largest absolute Gasteiger partial charge is 0.487 e. The first-order valence-electron chi connectivity index (χ1n) is 13.6. The first-order valence-corrected chi connectivity index (χ1v) is 13.6. The molecule has 1 N–H and O–H groups in total. The second-order valence-corrected chi connectivity index (χ2v) is 10.1. The summed E-state index contributed by atoms with van der Waals surface area (Å²) < 4.78 is 6.21. The third kappa shape index (κ3) is 6.71. The Morgan fingerprint density at radius 1 is 1.26 bits per heavy atom. The minimum atomic E-state index is -0.180. The van der Waals surface area contributed by atoms with Crippen LogP contribution in [0.1, 0.15) is 75.6 Å². The number of nitrogens with zero attached hydrogens (tertiary/aromatic N) is 4. The first kappa shape index (κ1) is 27.2. The van der Waals surface area contributed by atoms with E-state index < -0.39 is 0 Å². The average Bonchev–Trinajstić information content (AvgIpc) is 3.76. The van der Waals surface area contributed by atoms with Crippen LogP contribution in [0.15, 0.2) is 42.5 Å². The van der Waals surface area contributed by atoms with E-state index in [0.29, 0.717) is 61.4 Å². The van der Waals surface area contributed by atoms with Gasteiger partial charge in [0.1, 0.15) is 24.2 Å². The summed E-state index contributed by atoms with van der Waals surface area (Å²) in [6, 6.07) is 11.7. The number of amides is 2. The third-order valence-corrected chi connectivity index (χ3v) is 6.98. The standard InChI is InChI=1S/C30H37N5O3/c1-4-6-11-28(37)35-15-14-34(19-21(35)3)30-24(18-31)17-26(29(33-30)23-12-13-23)38-20-22-9-7-10-25(16-22)32-27(36)8-5-2/h5,7-10,16-17,21,23H,4,6,11-15,19-20H2,1-3H3,(H,32,36)/b8-5+. The van der Waals surface area contributed by atoms with Crippen LogP contribution < -0.4 is 15.0 Å². The number of rotatable bonds is 10. The van der Waals surface area contributed by atoms with Crippen molar-refractivity contribution in [2.45, 2.75) is 71.4 Å². The quantitative estimate of drug-likeness (QED) is 0.439. The zero-order chi connectivity index (χ0) is 27.1. The highest BCUT2D eigenvalue weighted by atomic mass is 16.5. The molecule has 1 aromatic heterocycles. The van der Waals surface area contributed by atoms with Gasteiger partial charge >= 0.3 is 0 Å². The fraction of sp³-hybridized carbons (Fsp3) is 0.467. The molecule has 0 bridgehead atoms. The Morgan fingerprint density at radius 2 is 2.08 bits per heavy atom. The Bertz CT molecular complexity index is 1230. The Labute approximate surface area is 225 Å². The van der Waals surface area contributed by atoms with Crippen molar-refractivity contribution in [3.63, 3.8) is 0 Å². The zero-order valence-electron chi connectivity index (χ0n) is 22.6. The van der Waals surface area contributed by atoms with Gasteiger partial charge in [-0.3, -0.25) is 9.59 Å². The number of carbonyl (C=O) groups excluding carboxylic acids is 2. The summed E-state index contributed by atoms with van der Waals surface area (Å²) in [7, 11) is 0. The molecule has 38 heavy (non-hydrogen) atoms. The molecule has 2 aliphatic rings. The van der Waals surface area contributed by atoms with Gasteiger partial charge in [-0.1, -0.05) is 31.6 Å². The summed E-state index contributed by atoms with van der Waals surface area (Å²) >= 11 is 0. The molecular weight excluding hydrogens is 478 g/mol. The van der Waals surface area contributed by atoms with Crippen LogP contribution >= 0.6 is 0 Å². The number of pyridine rings is 1. The fourth-order valence-electron chi connectivity index (χ4n) is 4.81. The second kappa shape index (κ2) is 12.6. The fourth-order valence-corrected chi connectivity index (χ4v) is 4.81. The molecule has 1 atom stereocenters. The van der Waals surface area contributed by atoms with E-state index in [2.05, 4.69) is 30.1 Å². The van der Waals surface area contributed by atoms with E-state index >= 15 is 0 Å². The maximum absolute atomic E-state index is 12.6. The van der Waals surface area contributed by atoms with E-state index in [1.165, 1.54) is 6.08 Å². The number of piperazine rings is 1. The lowest BCUT2D eigenvalue weighted by molar-refractivity contribution is -0.133. The van der Waals surface area contributed by atoms with Gasteiger partial charge in [0.05, 0.1) is 11.3 Å². The van der Waals surface area contributed by atoms with Crippen molar-refractivity contribution in [3.05, 3.63) is 59.3 Å². The molecule has 8 heteroatoms. The zero-order valence-corrected chi connectivity index (χ0v) is 22.6. The molecule has 1 aliphatic carbocycles. The lowest BCUT2D eigenvalue weighted by atomic mass is 10.1. The van der Waals surface area contributed by atoms with Crippen molar-refractivity contribution in [1.82, 2.24) is 9.88 Å². The molecule has 0 spiro atoms. The molecule has 1 aromatic carbocycles. The van der Waals surface area contributed by atoms with Crippen LogP contribution in [0, 0.1) is 11.3 Å². The van der Waals surface area contributed by atoms with Crippen LogP contribution in [0.25, 0.3) is 0 Å².